The second kappa shape index (κ2) is 4.94. The van der Waals surface area contributed by atoms with E-state index in [1.807, 2.05) is 5.38 Å². The van der Waals surface area contributed by atoms with Gasteiger partial charge in [-0.1, -0.05) is 0 Å². The van der Waals surface area contributed by atoms with Crippen LogP contribution in [-0.4, -0.2) is 42.0 Å². The third-order valence-corrected chi connectivity index (χ3v) is 5.02. The van der Waals surface area contributed by atoms with Crippen molar-refractivity contribution >= 4 is 27.3 Å². The van der Waals surface area contributed by atoms with Crippen molar-refractivity contribution in [3.05, 3.63) is 16.4 Å². The van der Waals surface area contributed by atoms with Crippen molar-refractivity contribution < 1.29 is 13.2 Å². The zero-order valence-corrected chi connectivity index (χ0v) is 11.9. The molecule has 8 heteroatoms. The van der Waals surface area contributed by atoms with Crippen molar-refractivity contribution in [2.45, 2.75) is 18.9 Å². The summed E-state index contributed by atoms with van der Waals surface area (Å²) < 4.78 is 26.1. The van der Waals surface area contributed by atoms with Gasteiger partial charge in [0.05, 0.1) is 6.26 Å². The lowest BCUT2D eigenvalue weighted by atomic mass is 10.2. The average Bonchev–Trinajstić information content (AvgIpc) is 2.86. The van der Waals surface area contributed by atoms with E-state index in [-0.39, 0.29) is 5.91 Å². The van der Waals surface area contributed by atoms with Gasteiger partial charge in [-0.15, -0.1) is 11.3 Å². The van der Waals surface area contributed by atoms with Crippen LogP contribution in [-0.2, 0) is 21.9 Å². The number of carbonyl (C=O) groups excluding carboxylic acids is 1. The molecule has 0 N–H and O–H groups in total. The van der Waals surface area contributed by atoms with Crippen LogP contribution in [0.4, 0.5) is 0 Å². The molecule has 0 radical (unpaired) electrons. The Morgan fingerprint density at radius 2 is 2.28 bits per heavy atom. The number of sulfonamides is 1. The van der Waals surface area contributed by atoms with Crippen molar-refractivity contribution in [1.29, 1.82) is 0 Å². The summed E-state index contributed by atoms with van der Waals surface area (Å²) in [6, 6.07) is -0.637. The van der Waals surface area contributed by atoms with Crippen molar-refractivity contribution in [2.75, 3.05) is 12.8 Å². The van der Waals surface area contributed by atoms with Crippen LogP contribution in [0.25, 0.3) is 0 Å². The minimum absolute atomic E-state index is 0.379. The van der Waals surface area contributed by atoms with E-state index in [1.165, 1.54) is 15.6 Å². The average molecular weight is 289 g/mol. The molecule has 2 heterocycles. The molecule has 1 aromatic heterocycles. The molecule has 2 rings (SSSR count). The molecule has 18 heavy (non-hydrogen) atoms. The second-order valence-electron chi connectivity index (χ2n) is 4.28. The van der Waals surface area contributed by atoms with E-state index >= 15 is 0 Å². The van der Waals surface area contributed by atoms with Crippen LogP contribution >= 0.6 is 11.3 Å². The molecular weight excluding hydrogens is 274 g/mol. The molecule has 1 aliphatic heterocycles. The van der Waals surface area contributed by atoms with Crippen LogP contribution in [0.5, 0.6) is 0 Å². The van der Waals surface area contributed by atoms with Crippen LogP contribution in [0, 0.1) is 0 Å². The molecule has 1 unspecified atom stereocenters. The first-order valence-electron chi connectivity index (χ1n) is 5.55. The van der Waals surface area contributed by atoms with Gasteiger partial charge in [0.2, 0.25) is 10.0 Å². The van der Waals surface area contributed by atoms with Gasteiger partial charge in [-0.2, -0.15) is 9.30 Å². The maximum atomic E-state index is 12.0. The number of nitrogens with zero attached hydrogens (tertiary/aromatic N) is 3. The van der Waals surface area contributed by atoms with Gasteiger partial charge >= 0.3 is 0 Å². The third kappa shape index (κ3) is 2.70. The third-order valence-electron chi connectivity index (χ3n) is 2.88. The Morgan fingerprint density at radius 3 is 2.83 bits per heavy atom. The van der Waals surface area contributed by atoms with Crippen LogP contribution in [0.1, 0.15) is 12.8 Å². The van der Waals surface area contributed by atoms with Crippen LogP contribution in [0.3, 0.4) is 0 Å². The fraction of sp³-hybridized carbons (Fsp3) is 0.600. The van der Waals surface area contributed by atoms with Crippen LogP contribution < -0.4 is 4.80 Å². The zero-order chi connectivity index (χ0) is 13.3. The molecule has 1 aliphatic rings. The van der Waals surface area contributed by atoms with E-state index in [9.17, 15) is 13.2 Å². The summed E-state index contributed by atoms with van der Waals surface area (Å²) in [5.74, 6) is -0.379. The molecule has 1 aromatic rings. The summed E-state index contributed by atoms with van der Waals surface area (Å²) in [6.45, 7) is 0.404. The van der Waals surface area contributed by atoms with Gasteiger partial charge in [0.25, 0.3) is 5.91 Å². The highest BCUT2D eigenvalue weighted by Crippen LogP contribution is 2.21. The molecule has 0 aliphatic carbocycles. The smallest absolute Gasteiger partial charge is 0.266 e. The number of hydrogen-bond acceptors (Lipinski definition) is 4. The summed E-state index contributed by atoms with van der Waals surface area (Å²) in [5.41, 5.74) is 0. The molecule has 0 aromatic carbocycles. The molecular formula is C10H15N3O3S2. The number of carbonyl (C=O) groups is 1. The predicted molar refractivity (Wildman–Crippen MR) is 68.4 cm³/mol. The molecule has 0 saturated carbocycles. The topological polar surface area (TPSA) is 71.7 Å². The monoisotopic (exact) mass is 289 g/mol. The first-order chi connectivity index (χ1) is 8.39. The zero-order valence-electron chi connectivity index (χ0n) is 10.2. The predicted octanol–water partition coefficient (Wildman–Crippen LogP) is -0.0621. The fourth-order valence-electron chi connectivity index (χ4n) is 1.99. The highest BCUT2D eigenvalue weighted by Gasteiger charge is 2.36. The summed E-state index contributed by atoms with van der Waals surface area (Å²) in [6.07, 6.45) is 4.18. The van der Waals surface area contributed by atoms with Gasteiger partial charge in [-0.05, 0) is 12.8 Å². The molecule has 1 fully saturated rings. The highest BCUT2D eigenvalue weighted by atomic mass is 32.2. The van der Waals surface area contributed by atoms with E-state index < -0.39 is 16.1 Å². The van der Waals surface area contributed by atoms with Crippen molar-refractivity contribution in [1.82, 2.24) is 8.87 Å². The Kier molecular flexibility index (Phi) is 3.69. The van der Waals surface area contributed by atoms with Gasteiger partial charge in [-0.25, -0.2) is 8.42 Å². The fourth-order valence-corrected chi connectivity index (χ4v) is 3.84. The lowest BCUT2D eigenvalue weighted by Gasteiger charge is -2.18. The Morgan fingerprint density at radius 1 is 1.56 bits per heavy atom. The molecule has 1 amide bonds. The number of amides is 1. The van der Waals surface area contributed by atoms with Gasteiger partial charge in [-0.3, -0.25) is 4.79 Å². The Labute approximate surface area is 110 Å². The van der Waals surface area contributed by atoms with Gasteiger partial charge in [0.15, 0.2) is 4.80 Å². The Balaban J connectivity index is 2.28. The van der Waals surface area contributed by atoms with Crippen molar-refractivity contribution in [3.63, 3.8) is 0 Å². The van der Waals surface area contributed by atoms with E-state index in [0.29, 0.717) is 24.2 Å². The van der Waals surface area contributed by atoms with Crippen molar-refractivity contribution in [2.24, 2.45) is 12.0 Å². The first kappa shape index (κ1) is 13.4. The minimum atomic E-state index is -3.34. The highest BCUT2D eigenvalue weighted by molar-refractivity contribution is 7.88. The number of rotatable bonds is 2. The van der Waals surface area contributed by atoms with E-state index in [0.717, 1.165) is 6.26 Å². The quantitative estimate of drug-likeness (QED) is 0.765. The summed E-state index contributed by atoms with van der Waals surface area (Å²) in [7, 11) is -1.54. The van der Waals surface area contributed by atoms with Gasteiger partial charge in [0.1, 0.15) is 6.04 Å². The largest absolute Gasteiger partial charge is 0.327 e. The summed E-state index contributed by atoms with van der Waals surface area (Å²) in [4.78, 5) is 16.6. The molecule has 0 bridgehead atoms. The first-order valence-corrected chi connectivity index (χ1v) is 8.28. The van der Waals surface area contributed by atoms with Crippen molar-refractivity contribution in [3.8, 4) is 0 Å². The van der Waals surface area contributed by atoms with Gasteiger partial charge in [0, 0.05) is 25.2 Å². The number of thiazole rings is 1. The maximum absolute atomic E-state index is 12.0. The summed E-state index contributed by atoms with van der Waals surface area (Å²) >= 11 is 1.35. The minimum Gasteiger partial charge on any atom is -0.327 e. The van der Waals surface area contributed by atoms with Gasteiger partial charge < -0.3 is 4.57 Å². The molecule has 0 spiro atoms. The Hall–Kier alpha value is -0.990. The number of aromatic nitrogens is 1. The molecule has 1 atom stereocenters. The Bertz CT molecular complexity index is 614. The lowest BCUT2D eigenvalue weighted by Crippen LogP contribution is -2.39. The van der Waals surface area contributed by atoms with E-state index in [4.69, 9.17) is 0 Å². The lowest BCUT2D eigenvalue weighted by molar-refractivity contribution is -0.121. The SMILES string of the molecule is Cn1ccsc1=NC(=O)C1CCCN1S(C)(=O)=O. The molecule has 6 nitrogen and oxygen atoms in total. The van der Waals surface area contributed by atoms with E-state index in [2.05, 4.69) is 4.99 Å². The van der Waals surface area contributed by atoms with Crippen LogP contribution in [0.15, 0.2) is 16.6 Å². The number of aryl methyl sites for hydroxylation is 1. The molecule has 1 saturated heterocycles. The second-order valence-corrected chi connectivity index (χ2v) is 7.09. The molecule has 100 valence electrons. The normalized spacial score (nSPS) is 22.6. The maximum Gasteiger partial charge on any atom is 0.266 e. The van der Waals surface area contributed by atoms with Crippen LogP contribution in [0.2, 0.25) is 0 Å². The summed E-state index contributed by atoms with van der Waals surface area (Å²) in [5, 5.41) is 1.83. The standard InChI is InChI=1S/C10H15N3O3S2/c1-12-6-7-17-10(12)11-9(14)8-4-3-5-13(8)18(2,15)16/h6-8H,3-5H2,1-2H3. The van der Waals surface area contributed by atoms with E-state index in [1.54, 1.807) is 17.8 Å². The number of hydrogen-bond donors (Lipinski definition) is 0.